The van der Waals surface area contributed by atoms with Crippen molar-refractivity contribution >= 4 is 0 Å². The van der Waals surface area contributed by atoms with E-state index in [2.05, 4.69) is 12.2 Å². The van der Waals surface area contributed by atoms with E-state index < -0.39 is 0 Å². The van der Waals surface area contributed by atoms with Gasteiger partial charge in [-0.2, -0.15) is 0 Å². The summed E-state index contributed by atoms with van der Waals surface area (Å²) in [7, 11) is 0. The number of ether oxygens (including phenoxy) is 1. The lowest BCUT2D eigenvalue weighted by molar-refractivity contribution is 0.174. The molecule has 0 saturated heterocycles. The number of halogens is 1. The third kappa shape index (κ3) is 3.22. The van der Waals surface area contributed by atoms with Crippen LogP contribution in [0.25, 0.3) is 0 Å². The standard InChI is InChI=1S/C15H22FNO/c1-3-9-17-14-5-4-6-15(14)18-12-7-8-13(16)11(2)10-12/h7-8,10,14-15,17H,3-6,9H2,1-2H3. The Bertz CT molecular complexity index is 394. The lowest BCUT2D eigenvalue weighted by Crippen LogP contribution is -2.39. The maximum absolute atomic E-state index is 13.2. The van der Waals surface area contributed by atoms with Gasteiger partial charge in [0.25, 0.3) is 0 Å². The van der Waals surface area contributed by atoms with Crippen molar-refractivity contribution in [3.8, 4) is 5.75 Å². The molecule has 1 aliphatic carbocycles. The lowest BCUT2D eigenvalue weighted by atomic mass is 10.2. The molecule has 2 rings (SSSR count). The normalized spacial score (nSPS) is 23.3. The van der Waals surface area contributed by atoms with Crippen molar-refractivity contribution < 1.29 is 9.13 Å². The summed E-state index contributed by atoms with van der Waals surface area (Å²) < 4.78 is 19.2. The van der Waals surface area contributed by atoms with Gasteiger partial charge in [-0.1, -0.05) is 6.92 Å². The number of hydrogen-bond acceptors (Lipinski definition) is 2. The first kappa shape index (κ1) is 13.3. The zero-order valence-electron chi connectivity index (χ0n) is 11.2. The molecule has 1 saturated carbocycles. The fourth-order valence-electron chi connectivity index (χ4n) is 2.50. The molecule has 2 nitrogen and oxygen atoms in total. The monoisotopic (exact) mass is 251 g/mol. The second kappa shape index (κ2) is 6.19. The van der Waals surface area contributed by atoms with Gasteiger partial charge in [-0.05, 0) is 62.9 Å². The molecular weight excluding hydrogens is 229 g/mol. The van der Waals surface area contributed by atoms with Crippen LogP contribution in [0.1, 0.15) is 38.2 Å². The maximum Gasteiger partial charge on any atom is 0.126 e. The van der Waals surface area contributed by atoms with Crippen molar-refractivity contribution in [3.63, 3.8) is 0 Å². The van der Waals surface area contributed by atoms with Gasteiger partial charge in [0.15, 0.2) is 0 Å². The smallest absolute Gasteiger partial charge is 0.126 e. The highest BCUT2D eigenvalue weighted by molar-refractivity contribution is 5.29. The summed E-state index contributed by atoms with van der Waals surface area (Å²) in [6.45, 7) is 4.97. The molecule has 0 spiro atoms. The Labute approximate surface area is 109 Å². The molecule has 1 aliphatic rings. The van der Waals surface area contributed by atoms with Crippen LogP contribution < -0.4 is 10.1 Å². The molecular formula is C15H22FNO. The average Bonchev–Trinajstić information content (AvgIpc) is 2.79. The fourth-order valence-corrected chi connectivity index (χ4v) is 2.50. The summed E-state index contributed by atoms with van der Waals surface area (Å²) in [5, 5.41) is 3.53. The fraction of sp³-hybridized carbons (Fsp3) is 0.600. The predicted octanol–water partition coefficient (Wildman–Crippen LogP) is 3.43. The second-order valence-electron chi connectivity index (χ2n) is 5.06. The highest BCUT2D eigenvalue weighted by Gasteiger charge is 2.28. The first-order chi connectivity index (χ1) is 8.70. The molecule has 0 amide bonds. The molecule has 1 N–H and O–H groups in total. The summed E-state index contributed by atoms with van der Waals surface area (Å²) in [5.74, 6) is 0.610. The van der Waals surface area contributed by atoms with Gasteiger partial charge >= 0.3 is 0 Å². The molecule has 1 aromatic carbocycles. The number of rotatable bonds is 5. The second-order valence-corrected chi connectivity index (χ2v) is 5.06. The van der Waals surface area contributed by atoms with E-state index in [0.717, 1.165) is 25.1 Å². The number of hydrogen-bond donors (Lipinski definition) is 1. The Morgan fingerprint density at radius 2 is 2.22 bits per heavy atom. The van der Waals surface area contributed by atoms with Gasteiger partial charge in [-0.15, -0.1) is 0 Å². The van der Waals surface area contributed by atoms with Gasteiger partial charge in [0.2, 0.25) is 0 Å². The third-order valence-electron chi connectivity index (χ3n) is 3.53. The highest BCUT2D eigenvalue weighted by Crippen LogP contribution is 2.25. The van der Waals surface area contributed by atoms with Crippen molar-refractivity contribution in [2.75, 3.05) is 6.54 Å². The summed E-state index contributed by atoms with van der Waals surface area (Å²) >= 11 is 0. The van der Waals surface area contributed by atoms with E-state index in [9.17, 15) is 4.39 Å². The Balaban J connectivity index is 1.96. The van der Waals surface area contributed by atoms with Gasteiger partial charge in [0.05, 0.1) is 0 Å². The van der Waals surface area contributed by atoms with Crippen molar-refractivity contribution in [1.29, 1.82) is 0 Å². The minimum Gasteiger partial charge on any atom is -0.489 e. The van der Waals surface area contributed by atoms with E-state index in [1.807, 2.05) is 0 Å². The molecule has 3 heteroatoms. The van der Waals surface area contributed by atoms with Crippen molar-refractivity contribution in [3.05, 3.63) is 29.6 Å². The molecule has 0 bridgehead atoms. The topological polar surface area (TPSA) is 21.3 Å². The van der Waals surface area contributed by atoms with Crippen LogP contribution in [-0.2, 0) is 0 Å². The van der Waals surface area contributed by atoms with E-state index >= 15 is 0 Å². The Morgan fingerprint density at radius 3 is 2.94 bits per heavy atom. The molecule has 0 aliphatic heterocycles. The molecule has 2 unspecified atom stereocenters. The van der Waals surface area contributed by atoms with E-state index in [1.54, 1.807) is 19.1 Å². The Hall–Kier alpha value is -1.09. The van der Waals surface area contributed by atoms with Crippen molar-refractivity contribution in [2.45, 2.75) is 51.7 Å². The van der Waals surface area contributed by atoms with Crippen LogP contribution in [0.15, 0.2) is 18.2 Å². The van der Waals surface area contributed by atoms with Crippen molar-refractivity contribution in [2.24, 2.45) is 0 Å². The molecule has 1 aromatic rings. The summed E-state index contributed by atoms with van der Waals surface area (Å²) in [6, 6.07) is 5.42. The van der Waals surface area contributed by atoms with Crippen LogP contribution in [0.3, 0.4) is 0 Å². The zero-order valence-corrected chi connectivity index (χ0v) is 11.2. The van der Waals surface area contributed by atoms with Crippen molar-refractivity contribution in [1.82, 2.24) is 5.32 Å². The van der Waals surface area contributed by atoms with E-state index in [4.69, 9.17) is 4.74 Å². The quantitative estimate of drug-likeness (QED) is 0.865. The maximum atomic E-state index is 13.2. The first-order valence-corrected chi connectivity index (χ1v) is 6.87. The summed E-state index contributed by atoms with van der Waals surface area (Å²) in [4.78, 5) is 0. The van der Waals surface area contributed by atoms with Crippen LogP contribution in [-0.4, -0.2) is 18.7 Å². The first-order valence-electron chi connectivity index (χ1n) is 6.87. The van der Waals surface area contributed by atoms with Crippen LogP contribution in [0, 0.1) is 12.7 Å². The van der Waals surface area contributed by atoms with E-state index in [-0.39, 0.29) is 11.9 Å². The van der Waals surface area contributed by atoms with E-state index in [1.165, 1.54) is 18.9 Å². The van der Waals surface area contributed by atoms with Gasteiger partial charge in [-0.25, -0.2) is 4.39 Å². The molecule has 0 radical (unpaired) electrons. The summed E-state index contributed by atoms with van der Waals surface area (Å²) in [6.07, 6.45) is 4.81. The minimum atomic E-state index is -0.172. The van der Waals surface area contributed by atoms with Crippen LogP contribution in [0.2, 0.25) is 0 Å². The Morgan fingerprint density at radius 1 is 1.39 bits per heavy atom. The largest absolute Gasteiger partial charge is 0.489 e. The zero-order chi connectivity index (χ0) is 13.0. The molecule has 1 fully saturated rings. The number of aryl methyl sites for hydroxylation is 1. The van der Waals surface area contributed by atoms with Gasteiger partial charge in [-0.3, -0.25) is 0 Å². The summed E-state index contributed by atoms with van der Waals surface area (Å²) in [5.41, 5.74) is 0.642. The molecule has 0 aromatic heterocycles. The third-order valence-corrected chi connectivity index (χ3v) is 3.53. The minimum absolute atomic E-state index is 0.172. The van der Waals surface area contributed by atoms with Gasteiger partial charge in [0.1, 0.15) is 17.7 Å². The number of nitrogens with one attached hydrogen (secondary N) is 1. The van der Waals surface area contributed by atoms with Crippen LogP contribution >= 0.6 is 0 Å². The molecule has 0 heterocycles. The van der Waals surface area contributed by atoms with Crippen LogP contribution in [0.4, 0.5) is 4.39 Å². The highest BCUT2D eigenvalue weighted by atomic mass is 19.1. The van der Waals surface area contributed by atoms with Crippen LogP contribution in [0.5, 0.6) is 5.75 Å². The van der Waals surface area contributed by atoms with Gasteiger partial charge < -0.3 is 10.1 Å². The number of benzene rings is 1. The average molecular weight is 251 g/mol. The molecule has 18 heavy (non-hydrogen) atoms. The molecule has 2 atom stereocenters. The molecule has 100 valence electrons. The van der Waals surface area contributed by atoms with E-state index in [0.29, 0.717) is 11.6 Å². The Kier molecular flexibility index (Phi) is 4.59. The SMILES string of the molecule is CCCNC1CCCC1Oc1ccc(F)c(C)c1. The lowest BCUT2D eigenvalue weighted by Gasteiger charge is -2.22. The predicted molar refractivity (Wildman–Crippen MR) is 71.5 cm³/mol. The van der Waals surface area contributed by atoms with Gasteiger partial charge in [0, 0.05) is 6.04 Å².